The summed E-state index contributed by atoms with van der Waals surface area (Å²) >= 11 is 7.15. The molecule has 0 aliphatic rings. The van der Waals surface area contributed by atoms with Gasteiger partial charge in [0.25, 0.3) is 0 Å². The van der Waals surface area contributed by atoms with Gasteiger partial charge in [-0.3, -0.25) is 0 Å². The summed E-state index contributed by atoms with van der Waals surface area (Å²) in [6.07, 6.45) is 0. The average molecular weight is 406 g/mol. The van der Waals surface area contributed by atoms with Gasteiger partial charge >= 0.3 is 0 Å². The molecule has 0 heterocycles. The second-order valence-corrected chi connectivity index (χ2v) is 6.73. The van der Waals surface area contributed by atoms with E-state index in [2.05, 4.69) is 81.2 Å². The van der Waals surface area contributed by atoms with Crippen molar-refractivity contribution in [1.29, 1.82) is 0 Å². The van der Waals surface area contributed by atoms with Gasteiger partial charge < -0.3 is 4.74 Å². The molecule has 3 aromatic rings. The molecule has 3 aromatic carbocycles. The van der Waals surface area contributed by atoms with Crippen LogP contribution in [0.5, 0.6) is 5.75 Å². The van der Waals surface area contributed by atoms with Crippen LogP contribution in [0.15, 0.2) is 63.5 Å². The SMILES string of the molecule is Cc1cccc(COc2ccc3cc(Br)ccc3c2Br)c1. The molecule has 0 saturated heterocycles. The predicted octanol–water partition coefficient (Wildman–Crippen LogP) is 6.25. The maximum atomic E-state index is 5.96. The van der Waals surface area contributed by atoms with Crippen LogP contribution in [0.4, 0.5) is 0 Å². The third-order valence-corrected chi connectivity index (χ3v) is 4.67. The first-order valence-corrected chi connectivity index (χ1v) is 8.28. The van der Waals surface area contributed by atoms with Crippen LogP contribution in [0.2, 0.25) is 0 Å². The first-order valence-electron chi connectivity index (χ1n) is 6.69. The summed E-state index contributed by atoms with van der Waals surface area (Å²) < 4.78 is 8.04. The van der Waals surface area contributed by atoms with Crippen LogP contribution in [0.3, 0.4) is 0 Å². The Balaban J connectivity index is 1.87. The molecular weight excluding hydrogens is 392 g/mol. The highest BCUT2D eigenvalue weighted by Gasteiger charge is 2.07. The maximum Gasteiger partial charge on any atom is 0.134 e. The molecule has 0 aromatic heterocycles. The van der Waals surface area contributed by atoms with Crippen molar-refractivity contribution in [1.82, 2.24) is 0 Å². The van der Waals surface area contributed by atoms with Gasteiger partial charge in [0.2, 0.25) is 0 Å². The van der Waals surface area contributed by atoms with Gasteiger partial charge in [0.1, 0.15) is 12.4 Å². The molecule has 0 atom stereocenters. The Hall–Kier alpha value is -1.32. The monoisotopic (exact) mass is 404 g/mol. The molecule has 0 spiro atoms. The molecule has 0 aliphatic carbocycles. The van der Waals surface area contributed by atoms with Crippen LogP contribution >= 0.6 is 31.9 Å². The highest BCUT2D eigenvalue weighted by molar-refractivity contribution is 9.11. The summed E-state index contributed by atoms with van der Waals surface area (Å²) in [7, 11) is 0. The number of ether oxygens (including phenoxy) is 1. The van der Waals surface area contributed by atoms with Gasteiger partial charge in [0, 0.05) is 4.47 Å². The van der Waals surface area contributed by atoms with Crippen molar-refractivity contribution in [2.75, 3.05) is 0 Å². The van der Waals surface area contributed by atoms with Crippen LogP contribution in [0, 0.1) is 6.92 Å². The van der Waals surface area contributed by atoms with Crippen molar-refractivity contribution in [3.05, 3.63) is 74.7 Å². The summed E-state index contributed by atoms with van der Waals surface area (Å²) in [5.74, 6) is 0.867. The maximum absolute atomic E-state index is 5.96. The molecule has 0 fully saturated rings. The minimum absolute atomic E-state index is 0.572. The van der Waals surface area contributed by atoms with Crippen LogP contribution in [0.1, 0.15) is 11.1 Å². The lowest BCUT2D eigenvalue weighted by molar-refractivity contribution is 0.304. The molecular formula is C18H14Br2O. The van der Waals surface area contributed by atoms with Crippen LogP contribution in [-0.2, 0) is 6.61 Å². The first kappa shape index (κ1) is 14.6. The van der Waals surface area contributed by atoms with Crippen molar-refractivity contribution in [2.45, 2.75) is 13.5 Å². The molecule has 0 amide bonds. The van der Waals surface area contributed by atoms with Gasteiger partial charge in [-0.15, -0.1) is 0 Å². The second-order valence-electron chi connectivity index (χ2n) is 5.02. The Labute approximate surface area is 141 Å². The zero-order chi connectivity index (χ0) is 14.8. The quantitative estimate of drug-likeness (QED) is 0.500. The zero-order valence-electron chi connectivity index (χ0n) is 11.6. The van der Waals surface area contributed by atoms with Crippen molar-refractivity contribution in [2.24, 2.45) is 0 Å². The number of hydrogen-bond acceptors (Lipinski definition) is 1. The third kappa shape index (κ3) is 3.30. The van der Waals surface area contributed by atoms with E-state index in [1.54, 1.807) is 0 Å². The minimum Gasteiger partial charge on any atom is -0.488 e. The Morgan fingerprint density at radius 1 is 0.952 bits per heavy atom. The van der Waals surface area contributed by atoms with E-state index in [0.29, 0.717) is 6.61 Å². The summed E-state index contributed by atoms with van der Waals surface area (Å²) in [5, 5.41) is 2.33. The number of benzene rings is 3. The molecule has 0 unspecified atom stereocenters. The van der Waals surface area contributed by atoms with E-state index < -0.39 is 0 Å². The van der Waals surface area contributed by atoms with E-state index in [1.165, 1.54) is 16.5 Å². The zero-order valence-corrected chi connectivity index (χ0v) is 14.7. The summed E-state index contributed by atoms with van der Waals surface area (Å²) in [6, 6.07) is 18.7. The molecule has 0 radical (unpaired) electrons. The molecule has 0 aliphatic heterocycles. The minimum atomic E-state index is 0.572. The standard InChI is InChI=1S/C18H14Br2O/c1-12-3-2-4-13(9-12)11-21-17-8-5-14-10-15(19)6-7-16(14)18(17)20/h2-10H,11H2,1H3. The van der Waals surface area contributed by atoms with Gasteiger partial charge in [0.05, 0.1) is 4.47 Å². The van der Waals surface area contributed by atoms with Gasteiger partial charge in [-0.1, -0.05) is 57.9 Å². The van der Waals surface area contributed by atoms with Crippen molar-refractivity contribution < 1.29 is 4.74 Å². The molecule has 0 N–H and O–H groups in total. The second kappa shape index (κ2) is 6.20. The van der Waals surface area contributed by atoms with E-state index in [4.69, 9.17) is 4.74 Å². The van der Waals surface area contributed by atoms with E-state index in [-0.39, 0.29) is 0 Å². The normalized spacial score (nSPS) is 10.8. The molecule has 0 saturated carbocycles. The van der Waals surface area contributed by atoms with Gasteiger partial charge in [-0.2, -0.15) is 0 Å². The van der Waals surface area contributed by atoms with Crippen LogP contribution < -0.4 is 4.74 Å². The number of halogens is 2. The van der Waals surface area contributed by atoms with E-state index >= 15 is 0 Å². The Kier molecular flexibility index (Phi) is 4.32. The van der Waals surface area contributed by atoms with Crippen LogP contribution in [-0.4, -0.2) is 0 Å². The average Bonchev–Trinajstić information content (AvgIpc) is 2.46. The number of hydrogen-bond donors (Lipinski definition) is 0. The fraction of sp³-hybridized carbons (Fsp3) is 0.111. The van der Waals surface area contributed by atoms with Gasteiger partial charge in [-0.05, 0) is 57.4 Å². The van der Waals surface area contributed by atoms with E-state index in [9.17, 15) is 0 Å². The summed E-state index contributed by atoms with van der Waals surface area (Å²) in [6.45, 7) is 2.66. The topological polar surface area (TPSA) is 9.23 Å². The fourth-order valence-electron chi connectivity index (χ4n) is 2.32. The molecule has 21 heavy (non-hydrogen) atoms. The smallest absolute Gasteiger partial charge is 0.134 e. The largest absolute Gasteiger partial charge is 0.488 e. The molecule has 0 bridgehead atoms. The Morgan fingerprint density at radius 3 is 2.62 bits per heavy atom. The first-order chi connectivity index (χ1) is 10.1. The molecule has 106 valence electrons. The van der Waals surface area contributed by atoms with Crippen LogP contribution in [0.25, 0.3) is 10.8 Å². The van der Waals surface area contributed by atoms with Crippen molar-refractivity contribution in [3.8, 4) is 5.75 Å². The number of aryl methyl sites for hydroxylation is 1. The lowest BCUT2D eigenvalue weighted by atomic mass is 10.1. The number of rotatable bonds is 3. The lowest BCUT2D eigenvalue weighted by Gasteiger charge is -2.11. The highest BCUT2D eigenvalue weighted by Crippen LogP contribution is 2.34. The summed E-state index contributed by atoms with van der Waals surface area (Å²) in [5.41, 5.74) is 2.43. The fourth-order valence-corrected chi connectivity index (χ4v) is 3.30. The summed E-state index contributed by atoms with van der Waals surface area (Å²) in [4.78, 5) is 0. The van der Waals surface area contributed by atoms with Gasteiger partial charge in [0.15, 0.2) is 0 Å². The third-order valence-electron chi connectivity index (χ3n) is 3.36. The van der Waals surface area contributed by atoms with Crippen molar-refractivity contribution in [3.63, 3.8) is 0 Å². The number of fused-ring (bicyclic) bond motifs is 1. The van der Waals surface area contributed by atoms with Gasteiger partial charge in [-0.25, -0.2) is 0 Å². The predicted molar refractivity (Wildman–Crippen MR) is 94.9 cm³/mol. The van der Waals surface area contributed by atoms with E-state index in [1.807, 2.05) is 12.1 Å². The molecule has 3 rings (SSSR count). The lowest BCUT2D eigenvalue weighted by Crippen LogP contribution is -1.96. The highest BCUT2D eigenvalue weighted by atomic mass is 79.9. The Morgan fingerprint density at radius 2 is 1.81 bits per heavy atom. The molecule has 3 heteroatoms. The van der Waals surface area contributed by atoms with E-state index in [0.717, 1.165) is 20.1 Å². The molecule has 1 nitrogen and oxygen atoms in total. The Bertz CT molecular complexity index is 796. The van der Waals surface area contributed by atoms with Crippen molar-refractivity contribution >= 4 is 42.6 Å².